The molecule has 0 radical (unpaired) electrons. The SMILES string of the molecule is COc1cc(CNC(C)(C)CC(C)(C)C)cc(OC)c1OC. The van der Waals surface area contributed by atoms with E-state index in [4.69, 9.17) is 14.2 Å². The van der Waals surface area contributed by atoms with Gasteiger partial charge in [0.15, 0.2) is 11.5 Å². The van der Waals surface area contributed by atoms with Crippen LogP contribution in [0.5, 0.6) is 17.2 Å². The molecule has 126 valence electrons. The van der Waals surface area contributed by atoms with Crippen LogP contribution >= 0.6 is 0 Å². The molecular formula is C18H31NO3. The number of benzene rings is 1. The topological polar surface area (TPSA) is 39.7 Å². The Balaban J connectivity index is 2.90. The molecular weight excluding hydrogens is 278 g/mol. The lowest BCUT2D eigenvalue weighted by Gasteiger charge is -2.33. The third kappa shape index (κ3) is 5.41. The van der Waals surface area contributed by atoms with E-state index in [0.29, 0.717) is 17.2 Å². The molecule has 4 heteroatoms. The zero-order chi connectivity index (χ0) is 17.0. The zero-order valence-electron chi connectivity index (χ0n) is 15.3. The number of hydrogen-bond acceptors (Lipinski definition) is 4. The van der Waals surface area contributed by atoms with E-state index >= 15 is 0 Å². The quantitative estimate of drug-likeness (QED) is 0.826. The van der Waals surface area contributed by atoms with Gasteiger partial charge in [0.1, 0.15) is 0 Å². The standard InChI is InChI=1S/C18H31NO3/c1-17(2,3)12-18(4,5)19-11-13-9-14(20-6)16(22-8)15(10-13)21-7/h9-10,19H,11-12H2,1-8H3. The van der Waals surface area contributed by atoms with E-state index in [0.717, 1.165) is 18.5 Å². The second-order valence-corrected chi connectivity index (χ2v) is 7.51. The highest BCUT2D eigenvalue weighted by Crippen LogP contribution is 2.38. The van der Waals surface area contributed by atoms with Crippen molar-refractivity contribution in [3.05, 3.63) is 17.7 Å². The maximum atomic E-state index is 5.40. The Labute approximate surface area is 135 Å². The molecule has 22 heavy (non-hydrogen) atoms. The van der Waals surface area contributed by atoms with Gasteiger partial charge in [-0.25, -0.2) is 0 Å². The van der Waals surface area contributed by atoms with Crippen LogP contribution in [0.4, 0.5) is 0 Å². The lowest BCUT2D eigenvalue weighted by Crippen LogP contribution is -2.41. The third-order valence-corrected chi connectivity index (χ3v) is 3.47. The molecule has 0 fully saturated rings. The minimum absolute atomic E-state index is 0.0542. The Bertz CT molecular complexity index is 465. The van der Waals surface area contributed by atoms with Crippen molar-refractivity contribution < 1.29 is 14.2 Å². The second-order valence-electron chi connectivity index (χ2n) is 7.51. The molecule has 4 nitrogen and oxygen atoms in total. The largest absolute Gasteiger partial charge is 0.493 e. The molecule has 0 saturated carbocycles. The summed E-state index contributed by atoms with van der Waals surface area (Å²) >= 11 is 0. The molecule has 0 unspecified atom stereocenters. The van der Waals surface area contributed by atoms with Crippen LogP contribution in [0, 0.1) is 5.41 Å². The van der Waals surface area contributed by atoms with Gasteiger partial charge in [0.2, 0.25) is 5.75 Å². The second kappa shape index (κ2) is 7.23. The van der Waals surface area contributed by atoms with Gasteiger partial charge >= 0.3 is 0 Å². The lowest BCUT2D eigenvalue weighted by atomic mass is 9.82. The van der Waals surface area contributed by atoms with Crippen molar-refractivity contribution in [2.75, 3.05) is 21.3 Å². The summed E-state index contributed by atoms with van der Waals surface area (Å²) in [5.74, 6) is 2.00. The summed E-state index contributed by atoms with van der Waals surface area (Å²) in [7, 11) is 4.89. The summed E-state index contributed by atoms with van der Waals surface area (Å²) in [6.45, 7) is 12.0. The maximum absolute atomic E-state index is 5.40. The van der Waals surface area contributed by atoms with Crippen molar-refractivity contribution in [3.63, 3.8) is 0 Å². The van der Waals surface area contributed by atoms with Crippen LogP contribution in [0.25, 0.3) is 0 Å². The van der Waals surface area contributed by atoms with Crippen LogP contribution in [0.2, 0.25) is 0 Å². The average molecular weight is 309 g/mol. The van der Waals surface area contributed by atoms with Crippen molar-refractivity contribution in [3.8, 4) is 17.2 Å². The van der Waals surface area contributed by atoms with E-state index in [1.165, 1.54) is 0 Å². The summed E-state index contributed by atoms with van der Waals surface area (Å²) in [4.78, 5) is 0. The highest BCUT2D eigenvalue weighted by atomic mass is 16.5. The molecule has 0 heterocycles. The van der Waals surface area contributed by atoms with Crippen molar-refractivity contribution in [1.82, 2.24) is 5.32 Å². The van der Waals surface area contributed by atoms with E-state index < -0.39 is 0 Å². The van der Waals surface area contributed by atoms with Gasteiger partial charge in [0.25, 0.3) is 0 Å². The smallest absolute Gasteiger partial charge is 0.203 e. The van der Waals surface area contributed by atoms with Crippen LogP contribution in [0.3, 0.4) is 0 Å². The van der Waals surface area contributed by atoms with Gasteiger partial charge in [-0.1, -0.05) is 20.8 Å². The molecule has 1 N–H and O–H groups in total. The van der Waals surface area contributed by atoms with Crippen molar-refractivity contribution in [2.45, 2.75) is 53.1 Å². The molecule has 0 aliphatic rings. The van der Waals surface area contributed by atoms with Crippen molar-refractivity contribution in [2.24, 2.45) is 5.41 Å². The highest BCUT2D eigenvalue weighted by Gasteiger charge is 2.25. The van der Waals surface area contributed by atoms with E-state index in [1.807, 2.05) is 12.1 Å². The van der Waals surface area contributed by atoms with E-state index in [9.17, 15) is 0 Å². The van der Waals surface area contributed by atoms with Crippen LogP contribution in [0.15, 0.2) is 12.1 Å². The van der Waals surface area contributed by atoms with Gasteiger partial charge in [-0.15, -0.1) is 0 Å². The van der Waals surface area contributed by atoms with Gasteiger partial charge in [-0.3, -0.25) is 0 Å². The molecule has 0 aromatic heterocycles. The van der Waals surface area contributed by atoms with Gasteiger partial charge < -0.3 is 19.5 Å². The van der Waals surface area contributed by atoms with Crippen molar-refractivity contribution >= 4 is 0 Å². The van der Waals surface area contributed by atoms with E-state index in [-0.39, 0.29) is 11.0 Å². The number of rotatable bonds is 7. The molecule has 1 aromatic rings. The van der Waals surface area contributed by atoms with E-state index in [2.05, 4.69) is 39.9 Å². The van der Waals surface area contributed by atoms with Gasteiger partial charge in [-0.05, 0) is 43.4 Å². The summed E-state index contributed by atoms with van der Waals surface area (Å²) in [5, 5.41) is 3.62. The molecule has 0 amide bonds. The fourth-order valence-electron chi connectivity index (χ4n) is 2.97. The monoisotopic (exact) mass is 309 g/mol. The first-order valence-corrected chi connectivity index (χ1v) is 7.66. The number of ether oxygens (including phenoxy) is 3. The molecule has 0 spiro atoms. The van der Waals surface area contributed by atoms with Gasteiger partial charge in [0.05, 0.1) is 21.3 Å². The van der Waals surface area contributed by atoms with Crippen LogP contribution in [0.1, 0.15) is 46.6 Å². The molecule has 0 saturated heterocycles. The molecule has 0 bridgehead atoms. The molecule has 0 atom stereocenters. The Morgan fingerprint density at radius 3 is 1.73 bits per heavy atom. The molecule has 0 aliphatic carbocycles. The van der Waals surface area contributed by atoms with Gasteiger partial charge in [0, 0.05) is 12.1 Å². The molecule has 1 rings (SSSR count). The first-order chi connectivity index (χ1) is 10.1. The fraction of sp³-hybridized carbons (Fsp3) is 0.667. The van der Waals surface area contributed by atoms with Crippen LogP contribution in [-0.4, -0.2) is 26.9 Å². The Morgan fingerprint density at radius 2 is 1.36 bits per heavy atom. The van der Waals surface area contributed by atoms with E-state index in [1.54, 1.807) is 21.3 Å². The summed E-state index contributed by atoms with van der Waals surface area (Å²) in [5.41, 5.74) is 1.45. The Hall–Kier alpha value is -1.42. The number of methoxy groups -OCH3 is 3. The van der Waals surface area contributed by atoms with Gasteiger partial charge in [-0.2, -0.15) is 0 Å². The molecule has 1 aromatic carbocycles. The average Bonchev–Trinajstić information content (AvgIpc) is 2.41. The minimum Gasteiger partial charge on any atom is -0.493 e. The zero-order valence-corrected chi connectivity index (χ0v) is 15.3. The fourth-order valence-corrected chi connectivity index (χ4v) is 2.97. The lowest BCUT2D eigenvalue weighted by molar-refractivity contribution is 0.240. The summed E-state index contributed by atoms with van der Waals surface area (Å²) < 4.78 is 16.2. The minimum atomic E-state index is 0.0542. The summed E-state index contributed by atoms with van der Waals surface area (Å²) in [6.07, 6.45) is 1.09. The highest BCUT2D eigenvalue weighted by molar-refractivity contribution is 5.53. The summed E-state index contributed by atoms with van der Waals surface area (Å²) in [6, 6.07) is 3.98. The first-order valence-electron chi connectivity index (χ1n) is 7.66. The first kappa shape index (κ1) is 18.6. The third-order valence-electron chi connectivity index (χ3n) is 3.47. The Kier molecular flexibility index (Phi) is 6.12. The number of nitrogens with one attached hydrogen (secondary N) is 1. The Morgan fingerprint density at radius 1 is 0.864 bits per heavy atom. The van der Waals surface area contributed by atoms with Crippen LogP contribution < -0.4 is 19.5 Å². The predicted octanol–water partition coefficient (Wildman–Crippen LogP) is 4.02. The number of hydrogen-bond donors (Lipinski definition) is 1. The molecule has 0 aliphatic heterocycles. The van der Waals surface area contributed by atoms with Crippen molar-refractivity contribution in [1.29, 1.82) is 0 Å². The normalized spacial score (nSPS) is 12.2. The maximum Gasteiger partial charge on any atom is 0.203 e. The van der Waals surface area contributed by atoms with Crippen LogP contribution in [-0.2, 0) is 6.54 Å². The predicted molar refractivity (Wildman–Crippen MR) is 91.1 cm³/mol.